The molecule has 1 saturated heterocycles. The zero-order valence-corrected chi connectivity index (χ0v) is 15.2. The molecule has 2 aromatic rings. The topological polar surface area (TPSA) is 44.8 Å². The van der Waals surface area contributed by atoms with Gasteiger partial charge in [-0.25, -0.2) is 4.79 Å². The van der Waals surface area contributed by atoms with Gasteiger partial charge in [0.2, 0.25) is 0 Å². The molecule has 0 aromatic heterocycles. The number of benzene rings is 2. The van der Waals surface area contributed by atoms with Crippen LogP contribution < -0.4 is 4.74 Å². The van der Waals surface area contributed by atoms with Crippen LogP contribution in [0.15, 0.2) is 60.7 Å². The molecule has 2 atom stereocenters. The lowest BCUT2D eigenvalue weighted by molar-refractivity contribution is -0.0237. The molecule has 0 amide bonds. The molecule has 1 aliphatic rings. The summed E-state index contributed by atoms with van der Waals surface area (Å²) >= 11 is 0. The van der Waals surface area contributed by atoms with Crippen LogP contribution in [0, 0.1) is 0 Å². The Labute approximate surface area is 154 Å². The van der Waals surface area contributed by atoms with Crippen LogP contribution in [0.2, 0.25) is 0 Å². The molecule has 0 unspecified atom stereocenters. The predicted molar refractivity (Wildman–Crippen MR) is 100 cm³/mol. The quantitative estimate of drug-likeness (QED) is 0.570. The fourth-order valence-electron chi connectivity index (χ4n) is 3.21. The van der Waals surface area contributed by atoms with Crippen LogP contribution in [0.3, 0.4) is 0 Å². The van der Waals surface area contributed by atoms with Gasteiger partial charge >= 0.3 is 5.97 Å². The van der Waals surface area contributed by atoms with Crippen LogP contribution in [0.5, 0.6) is 5.75 Å². The molecule has 0 radical (unpaired) electrons. The summed E-state index contributed by atoms with van der Waals surface area (Å²) in [7, 11) is 1.37. The van der Waals surface area contributed by atoms with Crippen molar-refractivity contribution in [3.63, 3.8) is 0 Å². The number of ether oxygens (including phenoxy) is 3. The lowest BCUT2D eigenvalue weighted by Gasteiger charge is -2.30. The molecule has 4 nitrogen and oxygen atoms in total. The maximum atomic E-state index is 11.5. The third kappa shape index (κ3) is 4.33. The molecule has 4 heteroatoms. The van der Waals surface area contributed by atoms with Gasteiger partial charge in [0.1, 0.15) is 12.4 Å². The second kappa shape index (κ2) is 8.19. The number of esters is 1. The summed E-state index contributed by atoms with van der Waals surface area (Å²) in [5.74, 6) is 0.475. The Balaban J connectivity index is 1.70. The van der Waals surface area contributed by atoms with Gasteiger partial charge in [0, 0.05) is 5.56 Å². The Bertz CT molecular complexity index is 779. The van der Waals surface area contributed by atoms with E-state index >= 15 is 0 Å². The average Bonchev–Trinajstić information content (AvgIpc) is 2.65. The fourth-order valence-corrected chi connectivity index (χ4v) is 3.21. The smallest absolute Gasteiger partial charge is 0.337 e. The van der Waals surface area contributed by atoms with E-state index < -0.39 is 0 Å². The average molecular weight is 352 g/mol. The van der Waals surface area contributed by atoms with Crippen molar-refractivity contribution in [1.82, 2.24) is 0 Å². The van der Waals surface area contributed by atoms with Crippen LogP contribution in [0.1, 0.15) is 47.4 Å². The predicted octanol–water partition coefficient (Wildman–Crippen LogP) is 4.85. The second-order valence-corrected chi connectivity index (χ2v) is 6.61. The van der Waals surface area contributed by atoms with E-state index in [0.29, 0.717) is 12.2 Å². The summed E-state index contributed by atoms with van der Waals surface area (Å²) in [6.07, 6.45) is 1.87. The zero-order valence-electron chi connectivity index (χ0n) is 15.2. The van der Waals surface area contributed by atoms with Crippen LogP contribution in [0.25, 0.3) is 0 Å². The second-order valence-electron chi connectivity index (χ2n) is 6.61. The Morgan fingerprint density at radius 2 is 1.88 bits per heavy atom. The van der Waals surface area contributed by atoms with Gasteiger partial charge in [-0.3, -0.25) is 0 Å². The van der Waals surface area contributed by atoms with E-state index in [1.165, 1.54) is 12.7 Å². The summed E-state index contributed by atoms with van der Waals surface area (Å²) in [5.41, 5.74) is 3.77. The van der Waals surface area contributed by atoms with Crippen molar-refractivity contribution in [2.45, 2.75) is 38.6 Å². The SMILES string of the molecule is C=C1C[C@@H](C)O[C@H](c2ccccc2OCc2ccc(C(=O)OC)cc2)C1. The first-order valence-corrected chi connectivity index (χ1v) is 8.78. The third-order valence-corrected chi connectivity index (χ3v) is 4.48. The molecule has 0 spiro atoms. The fraction of sp³-hybridized carbons (Fsp3) is 0.318. The number of carbonyl (C=O) groups is 1. The summed E-state index contributed by atoms with van der Waals surface area (Å²) in [6.45, 7) is 6.63. The number of hydrogen-bond donors (Lipinski definition) is 0. The molecular weight excluding hydrogens is 328 g/mol. The highest BCUT2D eigenvalue weighted by Gasteiger charge is 2.25. The maximum absolute atomic E-state index is 11.5. The lowest BCUT2D eigenvalue weighted by atomic mass is 9.95. The normalized spacial score (nSPS) is 19.8. The first kappa shape index (κ1) is 18.2. The number of hydrogen-bond acceptors (Lipinski definition) is 4. The van der Waals surface area contributed by atoms with Crippen LogP contribution in [0.4, 0.5) is 0 Å². The van der Waals surface area contributed by atoms with Crippen LogP contribution in [-0.2, 0) is 16.1 Å². The van der Waals surface area contributed by atoms with Crippen molar-refractivity contribution in [1.29, 1.82) is 0 Å². The van der Waals surface area contributed by atoms with Gasteiger partial charge in [-0.15, -0.1) is 0 Å². The van der Waals surface area contributed by atoms with Gasteiger partial charge < -0.3 is 14.2 Å². The zero-order chi connectivity index (χ0) is 18.5. The number of para-hydroxylation sites is 1. The van der Waals surface area contributed by atoms with E-state index in [-0.39, 0.29) is 18.2 Å². The Morgan fingerprint density at radius 3 is 2.58 bits per heavy atom. The van der Waals surface area contributed by atoms with Crippen LogP contribution >= 0.6 is 0 Å². The number of carbonyl (C=O) groups excluding carboxylic acids is 1. The summed E-state index contributed by atoms with van der Waals surface area (Å²) < 4.78 is 16.9. The molecule has 2 aromatic carbocycles. The molecular formula is C22H24O4. The van der Waals surface area contributed by atoms with Gasteiger partial charge in [-0.1, -0.05) is 42.5 Å². The standard InChI is InChI=1S/C22H24O4/c1-15-12-16(2)26-21(13-15)19-6-4-5-7-20(19)25-14-17-8-10-18(11-9-17)22(23)24-3/h4-11,16,21H,1,12-14H2,2-3H3/t16-,21+/m1/s1. The van der Waals surface area contributed by atoms with E-state index in [0.717, 1.165) is 29.7 Å². The minimum Gasteiger partial charge on any atom is -0.489 e. The summed E-state index contributed by atoms with van der Waals surface area (Å²) in [6, 6.07) is 15.2. The Morgan fingerprint density at radius 1 is 1.15 bits per heavy atom. The highest BCUT2D eigenvalue weighted by Crippen LogP contribution is 2.37. The molecule has 1 aliphatic heterocycles. The minimum absolute atomic E-state index is 0.0239. The van der Waals surface area contributed by atoms with E-state index in [1.807, 2.05) is 36.4 Å². The largest absolute Gasteiger partial charge is 0.489 e. The van der Waals surface area contributed by atoms with Gasteiger partial charge in [0.25, 0.3) is 0 Å². The molecule has 0 saturated carbocycles. The highest BCUT2D eigenvalue weighted by molar-refractivity contribution is 5.89. The van der Waals surface area contributed by atoms with Crippen molar-refractivity contribution < 1.29 is 19.0 Å². The van der Waals surface area contributed by atoms with E-state index in [2.05, 4.69) is 13.5 Å². The van der Waals surface area contributed by atoms with Crippen molar-refractivity contribution in [3.05, 3.63) is 77.4 Å². The molecule has 1 fully saturated rings. The molecule has 3 rings (SSSR count). The van der Waals surface area contributed by atoms with Crippen molar-refractivity contribution >= 4 is 5.97 Å². The Hall–Kier alpha value is -2.59. The lowest BCUT2D eigenvalue weighted by Crippen LogP contribution is -2.21. The number of rotatable bonds is 5. The highest BCUT2D eigenvalue weighted by atomic mass is 16.5. The van der Waals surface area contributed by atoms with Gasteiger partial charge in [0.05, 0.1) is 24.9 Å². The molecule has 1 heterocycles. The first-order valence-electron chi connectivity index (χ1n) is 8.78. The molecule has 0 bridgehead atoms. The molecule has 0 aliphatic carbocycles. The van der Waals surface area contributed by atoms with Gasteiger partial charge in [-0.2, -0.15) is 0 Å². The van der Waals surface area contributed by atoms with Crippen molar-refractivity contribution in [2.75, 3.05) is 7.11 Å². The van der Waals surface area contributed by atoms with Crippen molar-refractivity contribution in [3.8, 4) is 5.75 Å². The van der Waals surface area contributed by atoms with Crippen LogP contribution in [-0.4, -0.2) is 19.2 Å². The number of methoxy groups -OCH3 is 1. The summed E-state index contributed by atoms with van der Waals surface area (Å²) in [5, 5.41) is 0. The van der Waals surface area contributed by atoms with Gasteiger partial charge in [0.15, 0.2) is 0 Å². The first-order chi connectivity index (χ1) is 12.6. The van der Waals surface area contributed by atoms with Crippen molar-refractivity contribution in [2.24, 2.45) is 0 Å². The maximum Gasteiger partial charge on any atom is 0.337 e. The Kier molecular flexibility index (Phi) is 5.74. The summed E-state index contributed by atoms with van der Waals surface area (Å²) in [4.78, 5) is 11.5. The molecule has 26 heavy (non-hydrogen) atoms. The molecule has 136 valence electrons. The minimum atomic E-state index is -0.341. The van der Waals surface area contributed by atoms with E-state index in [9.17, 15) is 4.79 Å². The van der Waals surface area contributed by atoms with E-state index in [1.54, 1.807) is 12.1 Å². The van der Waals surface area contributed by atoms with Gasteiger partial charge in [-0.05, 0) is 43.5 Å². The molecule has 0 N–H and O–H groups in total. The van der Waals surface area contributed by atoms with E-state index in [4.69, 9.17) is 14.2 Å². The third-order valence-electron chi connectivity index (χ3n) is 4.48. The monoisotopic (exact) mass is 352 g/mol.